The van der Waals surface area contributed by atoms with Gasteiger partial charge in [0, 0.05) is 38.0 Å². The number of carbonyl (C=O) groups is 3. The monoisotopic (exact) mass is 351 g/mol. The van der Waals surface area contributed by atoms with Gasteiger partial charge in [0.25, 0.3) is 0 Å². The van der Waals surface area contributed by atoms with E-state index in [4.69, 9.17) is 0 Å². The van der Waals surface area contributed by atoms with Gasteiger partial charge in [-0.1, -0.05) is 13.8 Å². The van der Waals surface area contributed by atoms with Crippen LogP contribution in [0.25, 0.3) is 0 Å². The van der Waals surface area contributed by atoms with Crippen LogP contribution in [0.4, 0.5) is 0 Å². The molecular weight excluding hydrogens is 318 g/mol. The van der Waals surface area contributed by atoms with Gasteiger partial charge in [-0.3, -0.25) is 14.4 Å². The molecular formula is C19H33N3O3. The van der Waals surface area contributed by atoms with Crippen LogP contribution < -0.4 is 5.32 Å². The molecule has 142 valence electrons. The van der Waals surface area contributed by atoms with E-state index in [2.05, 4.69) is 19.2 Å². The Morgan fingerprint density at radius 1 is 1.12 bits per heavy atom. The summed E-state index contributed by atoms with van der Waals surface area (Å²) in [5.41, 5.74) is 0. The van der Waals surface area contributed by atoms with Crippen LogP contribution in [0.1, 0.15) is 66.2 Å². The van der Waals surface area contributed by atoms with Crippen LogP contribution in [-0.4, -0.2) is 58.7 Å². The lowest BCUT2D eigenvalue weighted by Crippen LogP contribution is -2.54. The molecule has 0 aliphatic carbocycles. The molecule has 0 radical (unpaired) electrons. The van der Waals surface area contributed by atoms with Crippen molar-refractivity contribution in [2.24, 2.45) is 5.92 Å². The van der Waals surface area contributed by atoms with Crippen molar-refractivity contribution in [2.75, 3.05) is 13.1 Å². The highest BCUT2D eigenvalue weighted by Gasteiger charge is 2.41. The molecule has 3 amide bonds. The molecule has 2 fully saturated rings. The van der Waals surface area contributed by atoms with E-state index in [-0.39, 0.29) is 35.8 Å². The predicted molar refractivity (Wildman–Crippen MR) is 96.8 cm³/mol. The molecule has 0 spiro atoms. The number of hydrogen-bond donors (Lipinski definition) is 1. The summed E-state index contributed by atoms with van der Waals surface area (Å²) in [4.78, 5) is 40.7. The van der Waals surface area contributed by atoms with Gasteiger partial charge in [0.05, 0.1) is 0 Å². The van der Waals surface area contributed by atoms with E-state index >= 15 is 0 Å². The van der Waals surface area contributed by atoms with E-state index in [1.54, 1.807) is 4.90 Å². The molecule has 0 bridgehead atoms. The van der Waals surface area contributed by atoms with E-state index < -0.39 is 0 Å². The lowest BCUT2D eigenvalue weighted by atomic mass is 10.0. The van der Waals surface area contributed by atoms with Crippen molar-refractivity contribution in [3.63, 3.8) is 0 Å². The average molecular weight is 351 g/mol. The molecule has 0 aromatic carbocycles. The van der Waals surface area contributed by atoms with E-state index in [0.29, 0.717) is 38.3 Å². The number of hydrogen-bond acceptors (Lipinski definition) is 3. The van der Waals surface area contributed by atoms with Crippen LogP contribution in [-0.2, 0) is 14.4 Å². The molecule has 1 N–H and O–H groups in total. The summed E-state index contributed by atoms with van der Waals surface area (Å²) < 4.78 is 0. The van der Waals surface area contributed by atoms with Crippen LogP contribution in [0.2, 0.25) is 0 Å². The fourth-order valence-electron chi connectivity index (χ4n) is 3.76. The normalized spacial score (nSPS) is 22.2. The van der Waals surface area contributed by atoms with Crippen molar-refractivity contribution in [1.29, 1.82) is 0 Å². The Bertz CT molecular complexity index is 496. The molecule has 2 aliphatic heterocycles. The van der Waals surface area contributed by atoms with Crippen molar-refractivity contribution in [3.8, 4) is 0 Å². The van der Waals surface area contributed by atoms with Gasteiger partial charge in [0.2, 0.25) is 17.7 Å². The molecule has 2 rings (SSSR count). The summed E-state index contributed by atoms with van der Waals surface area (Å²) in [6, 6.07) is -0.194. The Morgan fingerprint density at radius 3 is 2.32 bits per heavy atom. The Labute approximate surface area is 151 Å². The van der Waals surface area contributed by atoms with E-state index in [0.717, 1.165) is 19.3 Å². The van der Waals surface area contributed by atoms with Crippen molar-refractivity contribution < 1.29 is 14.4 Å². The van der Waals surface area contributed by atoms with Gasteiger partial charge in [0.15, 0.2) is 0 Å². The number of nitrogens with one attached hydrogen (secondary N) is 1. The van der Waals surface area contributed by atoms with E-state index in [1.807, 2.05) is 18.7 Å². The number of likely N-dealkylation sites (tertiary alicyclic amines) is 2. The van der Waals surface area contributed by atoms with Crippen LogP contribution in [0.15, 0.2) is 0 Å². The number of rotatable bonds is 6. The van der Waals surface area contributed by atoms with Gasteiger partial charge in [-0.25, -0.2) is 0 Å². The van der Waals surface area contributed by atoms with Crippen LogP contribution in [0.5, 0.6) is 0 Å². The van der Waals surface area contributed by atoms with Gasteiger partial charge >= 0.3 is 0 Å². The minimum atomic E-state index is -0.344. The van der Waals surface area contributed by atoms with Crippen molar-refractivity contribution in [3.05, 3.63) is 0 Å². The molecule has 2 heterocycles. The number of carbonyl (C=O) groups excluding carboxylic acids is 3. The maximum atomic E-state index is 12.4. The second-order valence-electron chi connectivity index (χ2n) is 8.06. The minimum absolute atomic E-state index is 0.0451. The number of piperidine rings is 1. The molecule has 2 aliphatic rings. The quantitative estimate of drug-likeness (QED) is 0.795. The number of amides is 3. The third-order valence-corrected chi connectivity index (χ3v) is 5.14. The highest BCUT2D eigenvalue weighted by Crippen LogP contribution is 2.27. The van der Waals surface area contributed by atoms with Crippen molar-refractivity contribution >= 4 is 17.7 Å². The van der Waals surface area contributed by atoms with Gasteiger partial charge in [0.1, 0.15) is 6.04 Å². The summed E-state index contributed by atoms with van der Waals surface area (Å²) in [7, 11) is 0. The largest absolute Gasteiger partial charge is 0.352 e. The zero-order valence-electron chi connectivity index (χ0n) is 16.1. The Hall–Kier alpha value is -1.59. The highest BCUT2D eigenvalue weighted by atomic mass is 16.2. The van der Waals surface area contributed by atoms with Gasteiger partial charge in [-0.05, 0) is 45.4 Å². The summed E-state index contributed by atoms with van der Waals surface area (Å²) in [6.45, 7) is 9.48. The van der Waals surface area contributed by atoms with E-state index in [9.17, 15) is 14.4 Å². The Balaban J connectivity index is 1.90. The zero-order chi connectivity index (χ0) is 18.6. The van der Waals surface area contributed by atoms with Gasteiger partial charge in [-0.15, -0.1) is 0 Å². The lowest BCUT2D eigenvalue weighted by molar-refractivity contribution is -0.140. The summed E-state index contributed by atoms with van der Waals surface area (Å²) in [6.07, 6.45) is 4.11. The first-order chi connectivity index (χ1) is 11.8. The molecule has 6 heteroatoms. The molecule has 0 aromatic rings. The first-order valence-electron chi connectivity index (χ1n) is 9.69. The minimum Gasteiger partial charge on any atom is -0.352 e. The Kier molecular flexibility index (Phi) is 6.85. The molecule has 1 unspecified atom stereocenters. The summed E-state index contributed by atoms with van der Waals surface area (Å²) >= 11 is 0. The van der Waals surface area contributed by atoms with Crippen molar-refractivity contribution in [1.82, 2.24) is 15.1 Å². The SMILES string of the molecule is CC(C)CCC(=O)N1CCC(N2C(=O)CCC2C(=O)NC(C)C)CC1. The molecule has 1 atom stereocenters. The third kappa shape index (κ3) is 5.19. The highest BCUT2D eigenvalue weighted by molar-refractivity contribution is 5.91. The van der Waals surface area contributed by atoms with Crippen LogP contribution >= 0.6 is 0 Å². The average Bonchev–Trinajstić information content (AvgIpc) is 2.94. The zero-order valence-corrected chi connectivity index (χ0v) is 16.1. The predicted octanol–water partition coefficient (Wildman–Crippen LogP) is 1.93. The fourth-order valence-corrected chi connectivity index (χ4v) is 3.76. The second kappa shape index (κ2) is 8.68. The molecule has 25 heavy (non-hydrogen) atoms. The standard InChI is InChI=1S/C19H33N3O3/c1-13(2)5-7-17(23)21-11-9-15(10-12-21)22-16(6-8-18(22)24)19(25)20-14(3)4/h13-16H,5-12H2,1-4H3,(H,20,25). The van der Waals surface area contributed by atoms with Gasteiger partial charge < -0.3 is 15.1 Å². The number of nitrogens with zero attached hydrogens (tertiary/aromatic N) is 2. The molecule has 0 aromatic heterocycles. The summed E-state index contributed by atoms with van der Waals surface area (Å²) in [5.74, 6) is 0.780. The maximum Gasteiger partial charge on any atom is 0.243 e. The molecule has 6 nitrogen and oxygen atoms in total. The van der Waals surface area contributed by atoms with Crippen LogP contribution in [0.3, 0.4) is 0 Å². The Morgan fingerprint density at radius 2 is 1.76 bits per heavy atom. The molecule has 2 saturated heterocycles. The topological polar surface area (TPSA) is 69.7 Å². The van der Waals surface area contributed by atoms with Gasteiger partial charge in [-0.2, -0.15) is 0 Å². The van der Waals surface area contributed by atoms with Crippen molar-refractivity contribution in [2.45, 2.75) is 84.3 Å². The molecule has 0 saturated carbocycles. The first kappa shape index (κ1) is 19.7. The van der Waals surface area contributed by atoms with E-state index in [1.165, 1.54) is 0 Å². The smallest absolute Gasteiger partial charge is 0.243 e. The first-order valence-corrected chi connectivity index (χ1v) is 9.69. The fraction of sp³-hybridized carbons (Fsp3) is 0.842. The third-order valence-electron chi connectivity index (χ3n) is 5.14. The summed E-state index contributed by atoms with van der Waals surface area (Å²) in [5, 5.41) is 2.93. The van der Waals surface area contributed by atoms with Crippen LogP contribution in [0, 0.1) is 5.92 Å². The maximum absolute atomic E-state index is 12.4. The lowest BCUT2D eigenvalue weighted by Gasteiger charge is -2.39. The second-order valence-corrected chi connectivity index (χ2v) is 8.06.